The molecule has 0 aliphatic carbocycles. The van der Waals surface area contributed by atoms with Crippen LogP contribution in [0.25, 0.3) is 11.2 Å². The molecule has 0 aliphatic heterocycles. The lowest BCUT2D eigenvalue weighted by atomic mass is 10.0. The number of aromatic amines is 1. The summed E-state index contributed by atoms with van der Waals surface area (Å²) < 4.78 is 0. The summed E-state index contributed by atoms with van der Waals surface area (Å²) in [6.45, 7) is 6.38. The predicted octanol–water partition coefficient (Wildman–Crippen LogP) is 2.39. The van der Waals surface area contributed by atoms with Crippen LogP contribution in [0.1, 0.15) is 31.0 Å². The molecule has 0 spiro atoms. The van der Waals surface area contributed by atoms with Gasteiger partial charge in [0.15, 0.2) is 5.65 Å². The number of hydrogen-bond acceptors (Lipinski definition) is 2. The van der Waals surface area contributed by atoms with E-state index in [2.05, 4.69) is 34.9 Å². The smallest absolute Gasteiger partial charge is 0.157 e. The Labute approximate surface area is 77.2 Å². The maximum absolute atomic E-state index is 4.44. The zero-order valence-corrected chi connectivity index (χ0v) is 8.13. The third kappa shape index (κ3) is 1.30. The SMILES string of the molecule is Cc1nc2[nH]cnc2cc1C(C)C. The molecule has 0 saturated heterocycles. The van der Waals surface area contributed by atoms with Gasteiger partial charge in [-0.05, 0) is 24.5 Å². The summed E-state index contributed by atoms with van der Waals surface area (Å²) in [4.78, 5) is 11.6. The standard InChI is InChI=1S/C10H13N3/c1-6(2)8-4-9-10(12-5-11-9)13-7(8)3/h4-6H,1-3H3,(H,11,12,13). The summed E-state index contributed by atoms with van der Waals surface area (Å²) in [7, 11) is 0. The van der Waals surface area contributed by atoms with Gasteiger partial charge >= 0.3 is 0 Å². The minimum atomic E-state index is 0.508. The Kier molecular flexibility index (Phi) is 1.79. The van der Waals surface area contributed by atoms with Crippen LogP contribution in [-0.2, 0) is 0 Å². The summed E-state index contributed by atoms with van der Waals surface area (Å²) >= 11 is 0. The molecule has 3 heteroatoms. The number of H-pyrrole nitrogens is 1. The fourth-order valence-corrected chi connectivity index (χ4v) is 1.56. The van der Waals surface area contributed by atoms with Gasteiger partial charge in [0.2, 0.25) is 0 Å². The van der Waals surface area contributed by atoms with E-state index in [4.69, 9.17) is 0 Å². The van der Waals surface area contributed by atoms with E-state index < -0.39 is 0 Å². The van der Waals surface area contributed by atoms with Crippen LogP contribution in [0.2, 0.25) is 0 Å². The van der Waals surface area contributed by atoms with Gasteiger partial charge < -0.3 is 4.98 Å². The van der Waals surface area contributed by atoms with Gasteiger partial charge in [0.1, 0.15) is 5.52 Å². The highest BCUT2D eigenvalue weighted by molar-refractivity contribution is 5.71. The quantitative estimate of drug-likeness (QED) is 0.723. The van der Waals surface area contributed by atoms with Crippen LogP contribution in [-0.4, -0.2) is 15.0 Å². The van der Waals surface area contributed by atoms with E-state index in [-0.39, 0.29) is 0 Å². The molecule has 0 aromatic carbocycles. The number of fused-ring (bicyclic) bond motifs is 1. The average molecular weight is 175 g/mol. The van der Waals surface area contributed by atoms with E-state index in [0.29, 0.717) is 5.92 Å². The zero-order valence-electron chi connectivity index (χ0n) is 8.13. The highest BCUT2D eigenvalue weighted by Gasteiger charge is 2.07. The monoisotopic (exact) mass is 175 g/mol. The van der Waals surface area contributed by atoms with Crippen LogP contribution in [0.5, 0.6) is 0 Å². The molecular weight excluding hydrogens is 162 g/mol. The molecular formula is C10H13N3. The lowest BCUT2D eigenvalue weighted by Crippen LogP contribution is -1.95. The normalized spacial score (nSPS) is 11.4. The van der Waals surface area contributed by atoms with Gasteiger partial charge in [-0.25, -0.2) is 9.97 Å². The molecule has 13 heavy (non-hydrogen) atoms. The topological polar surface area (TPSA) is 41.6 Å². The second-order valence-corrected chi connectivity index (χ2v) is 3.59. The summed E-state index contributed by atoms with van der Waals surface area (Å²) in [5, 5.41) is 0. The number of aryl methyl sites for hydroxylation is 1. The number of pyridine rings is 1. The Morgan fingerprint density at radius 3 is 2.85 bits per heavy atom. The van der Waals surface area contributed by atoms with Gasteiger partial charge in [0, 0.05) is 5.69 Å². The van der Waals surface area contributed by atoms with E-state index in [1.54, 1.807) is 6.33 Å². The first-order valence-corrected chi connectivity index (χ1v) is 4.49. The van der Waals surface area contributed by atoms with Crippen molar-refractivity contribution in [1.29, 1.82) is 0 Å². The van der Waals surface area contributed by atoms with Crippen molar-refractivity contribution in [2.45, 2.75) is 26.7 Å². The van der Waals surface area contributed by atoms with Crippen LogP contribution in [0.3, 0.4) is 0 Å². The molecule has 0 bridgehead atoms. The second kappa shape index (κ2) is 2.83. The summed E-state index contributed by atoms with van der Waals surface area (Å²) in [6, 6.07) is 2.11. The van der Waals surface area contributed by atoms with Crippen molar-refractivity contribution in [3.8, 4) is 0 Å². The Balaban J connectivity index is 2.69. The summed E-state index contributed by atoms with van der Waals surface area (Å²) in [5.41, 5.74) is 4.20. The number of imidazole rings is 1. The lowest BCUT2D eigenvalue weighted by Gasteiger charge is -2.07. The van der Waals surface area contributed by atoms with Gasteiger partial charge in [-0.1, -0.05) is 13.8 Å². The molecule has 68 valence electrons. The minimum absolute atomic E-state index is 0.508. The summed E-state index contributed by atoms with van der Waals surface area (Å²) in [6.07, 6.45) is 1.68. The first kappa shape index (κ1) is 8.23. The van der Waals surface area contributed by atoms with Crippen molar-refractivity contribution in [2.75, 3.05) is 0 Å². The van der Waals surface area contributed by atoms with Gasteiger partial charge in [-0.15, -0.1) is 0 Å². The van der Waals surface area contributed by atoms with Crippen LogP contribution >= 0.6 is 0 Å². The third-order valence-corrected chi connectivity index (χ3v) is 2.26. The van der Waals surface area contributed by atoms with E-state index in [0.717, 1.165) is 16.9 Å². The molecule has 3 nitrogen and oxygen atoms in total. The number of nitrogens with one attached hydrogen (secondary N) is 1. The van der Waals surface area contributed by atoms with Crippen molar-refractivity contribution < 1.29 is 0 Å². The van der Waals surface area contributed by atoms with E-state index in [9.17, 15) is 0 Å². The van der Waals surface area contributed by atoms with Crippen molar-refractivity contribution in [1.82, 2.24) is 15.0 Å². The maximum atomic E-state index is 4.44. The van der Waals surface area contributed by atoms with E-state index >= 15 is 0 Å². The second-order valence-electron chi connectivity index (χ2n) is 3.59. The maximum Gasteiger partial charge on any atom is 0.157 e. The third-order valence-electron chi connectivity index (χ3n) is 2.26. The first-order chi connectivity index (χ1) is 6.18. The largest absolute Gasteiger partial charge is 0.329 e. The highest BCUT2D eigenvalue weighted by Crippen LogP contribution is 2.20. The molecule has 2 heterocycles. The molecule has 1 N–H and O–H groups in total. The van der Waals surface area contributed by atoms with Crippen LogP contribution < -0.4 is 0 Å². The Morgan fingerprint density at radius 2 is 2.15 bits per heavy atom. The molecule has 0 amide bonds. The fourth-order valence-electron chi connectivity index (χ4n) is 1.56. The van der Waals surface area contributed by atoms with Gasteiger partial charge in [0.25, 0.3) is 0 Å². The molecule has 0 aliphatic rings. The van der Waals surface area contributed by atoms with Crippen LogP contribution in [0, 0.1) is 6.92 Å². The van der Waals surface area contributed by atoms with Gasteiger partial charge in [0.05, 0.1) is 6.33 Å². The van der Waals surface area contributed by atoms with Crippen molar-refractivity contribution in [2.24, 2.45) is 0 Å². The molecule has 2 aromatic heterocycles. The van der Waals surface area contributed by atoms with E-state index in [1.807, 2.05) is 6.92 Å². The molecule has 2 rings (SSSR count). The fraction of sp³-hybridized carbons (Fsp3) is 0.400. The van der Waals surface area contributed by atoms with Crippen molar-refractivity contribution >= 4 is 11.2 Å². The number of hydrogen-bond donors (Lipinski definition) is 1. The number of rotatable bonds is 1. The predicted molar refractivity (Wildman–Crippen MR) is 52.7 cm³/mol. The molecule has 2 aromatic rings. The molecule has 0 radical (unpaired) electrons. The lowest BCUT2D eigenvalue weighted by molar-refractivity contribution is 0.847. The molecule has 0 fully saturated rings. The number of aromatic nitrogens is 3. The minimum Gasteiger partial charge on any atom is -0.329 e. The Bertz CT molecular complexity index is 429. The molecule has 0 saturated carbocycles. The molecule has 0 unspecified atom stereocenters. The zero-order chi connectivity index (χ0) is 9.42. The Hall–Kier alpha value is -1.38. The highest BCUT2D eigenvalue weighted by atomic mass is 15.0. The van der Waals surface area contributed by atoms with Crippen molar-refractivity contribution in [3.63, 3.8) is 0 Å². The van der Waals surface area contributed by atoms with Crippen LogP contribution in [0.4, 0.5) is 0 Å². The first-order valence-electron chi connectivity index (χ1n) is 4.49. The molecule has 0 atom stereocenters. The summed E-state index contributed by atoms with van der Waals surface area (Å²) in [5.74, 6) is 0.508. The van der Waals surface area contributed by atoms with Crippen molar-refractivity contribution in [3.05, 3.63) is 23.7 Å². The van der Waals surface area contributed by atoms with Gasteiger partial charge in [-0.3, -0.25) is 0 Å². The number of nitrogens with zero attached hydrogens (tertiary/aromatic N) is 2. The van der Waals surface area contributed by atoms with Gasteiger partial charge in [-0.2, -0.15) is 0 Å². The van der Waals surface area contributed by atoms with Crippen LogP contribution in [0.15, 0.2) is 12.4 Å². The average Bonchev–Trinajstić information content (AvgIpc) is 2.48. The van der Waals surface area contributed by atoms with E-state index in [1.165, 1.54) is 5.56 Å². The Morgan fingerprint density at radius 1 is 1.38 bits per heavy atom.